The smallest absolute Gasteiger partial charge is 0.251 e. The number of imide groups is 1. The predicted molar refractivity (Wildman–Crippen MR) is 120 cm³/mol. The van der Waals surface area contributed by atoms with Crippen LogP contribution >= 0.6 is 11.6 Å². The first-order valence-electron chi connectivity index (χ1n) is 10.8. The number of amides is 2. The summed E-state index contributed by atoms with van der Waals surface area (Å²) in [5, 5.41) is 1.84. The molecule has 2 unspecified atom stereocenters. The molecule has 1 aromatic heterocycles. The third-order valence-electron chi connectivity index (χ3n) is 6.74. The number of carbonyl (C=O) groups is 2. The van der Waals surface area contributed by atoms with Crippen LogP contribution in [0.25, 0.3) is 10.9 Å². The lowest BCUT2D eigenvalue weighted by molar-refractivity contribution is -0.123. The molecule has 3 aliphatic rings. The number of rotatable bonds is 2. The van der Waals surface area contributed by atoms with E-state index in [-0.39, 0.29) is 24.3 Å². The van der Waals surface area contributed by atoms with Crippen LogP contribution in [0.3, 0.4) is 0 Å². The average Bonchev–Trinajstić information content (AvgIpc) is 3.31. The van der Waals surface area contributed by atoms with E-state index in [1.165, 1.54) is 10.5 Å². The summed E-state index contributed by atoms with van der Waals surface area (Å²) in [5.41, 5.74) is 3.90. The Morgan fingerprint density at radius 3 is 2.72 bits per heavy atom. The molecular weight excluding hydrogens is 430 g/mol. The molecule has 2 aromatic carbocycles. The fourth-order valence-electron chi connectivity index (χ4n) is 5.21. The van der Waals surface area contributed by atoms with Gasteiger partial charge in [0.1, 0.15) is 13.2 Å². The maximum absolute atomic E-state index is 13.4. The summed E-state index contributed by atoms with van der Waals surface area (Å²) < 4.78 is 11.2. The average molecular weight is 452 g/mol. The zero-order valence-electron chi connectivity index (χ0n) is 17.6. The number of H-pyrrole nitrogens is 1. The predicted octanol–water partition coefficient (Wildman–Crippen LogP) is 3.84. The molecule has 1 saturated heterocycles. The highest BCUT2D eigenvalue weighted by Gasteiger charge is 2.45. The number of benzene rings is 2. The van der Waals surface area contributed by atoms with Crippen LogP contribution in [0.5, 0.6) is 11.5 Å². The number of aromatic nitrogens is 1. The van der Waals surface area contributed by atoms with Gasteiger partial charge >= 0.3 is 0 Å². The van der Waals surface area contributed by atoms with Crippen molar-refractivity contribution in [1.29, 1.82) is 0 Å². The maximum atomic E-state index is 13.4. The monoisotopic (exact) mass is 451 g/mol. The van der Waals surface area contributed by atoms with Crippen LogP contribution in [0, 0.1) is 0 Å². The highest BCUT2D eigenvalue weighted by Crippen LogP contribution is 2.40. The van der Waals surface area contributed by atoms with Gasteiger partial charge < -0.3 is 14.5 Å². The number of anilines is 1. The molecule has 2 amide bonds. The minimum atomic E-state index is -0.492. The Bertz CT molecular complexity index is 1270. The zero-order valence-corrected chi connectivity index (χ0v) is 18.3. The van der Waals surface area contributed by atoms with Crippen molar-refractivity contribution in [3.05, 3.63) is 52.7 Å². The molecule has 0 saturated carbocycles. The van der Waals surface area contributed by atoms with Gasteiger partial charge in [-0.25, -0.2) is 4.90 Å². The second-order valence-electron chi connectivity index (χ2n) is 8.49. The fraction of sp³-hybridized carbons (Fsp3) is 0.333. The normalized spacial score (nSPS) is 23.1. The summed E-state index contributed by atoms with van der Waals surface area (Å²) in [5.74, 6) is 0.802. The van der Waals surface area contributed by atoms with Crippen LogP contribution in [-0.4, -0.2) is 47.5 Å². The van der Waals surface area contributed by atoms with Crippen molar-refractivity contribution in [2.45, 2.75) is 31.8 Å². The van der Waals surface area contributed by atoms with Gasteiger partial charge in [0.15, 0.2) is 11.5 Å². The van der Waals surface area contributed by atoms with Gasteiger partial charge in [-0.2, -0.15) is 0 Å². The van der Waals surface area contributed by atoms with E-state index in [1.807, 2.05) is 18.2 Å². The summed E-state index contributed by atoms with van der Waals surface area (Å²) in [6.07, 6.45) is 0.959. The van der Waals surface area contributed by atoms with E-state index in [4.69, 9.17) is 21.1 Å². The van der Waals surface area contributed by atoms with Crippen LogP contribution < -0.4 is 14.4 Å². The number of aromatic amines is 1. The first-order valence-corrected chi connectivity index (χ1v) is 11.2. The van der Waals surface area contributed by atoms with Gasteiger partial charge in [-0.05, 0) is 49.2 Å². The largest absolute Gasteiger partial charge is 0.486 e. The van der Waals surface area contributed by atoms with Crippen LogP contribution in [0.2, 0.25) is 5.02 Å². The zero-order chi connectivity index (χ0) is 22.0. The lowest BCUT2D eigenvalue weighted by Crippen LogP contribution is -2.46. The Hall–Kier alpha value is -3.03. The van der Waals surface area contributed by atoms with Gasteiger partial charge in [-0.3, -0.25) is 14.5 Å². The highest BCUT2D eigenvalue weighted by atomic mass is 35.5. The Morgan fingerprint density at radius 1 is 1.06 bits per heavy atom. The molecule has 4 heterocycles. The Kier molecular flexibility index (Phi) is 4.45. The molecule has 6 rings (SSSR count). The van der Waals surface area contributed by atoms with Gasteiger partial charge in [-0.1, -0.05) is 11.6 Å². The van der Waals surface area contributed by atoms with Crippen molar-refractivity contribution >= 4 is 40.0 Å². The van der Waals surface area contributed by atoms with Gasteiger partial charge in [0.25, 0.3) is 5.91 Å². The summed E-state index contributed by atoms with van der Waals surface area (Å²) in [6, 6.07) is 10.5. The molecule has 0 radical (unpaired) electrons. The molecule has 3 aliphatic heterocycles. The quantitative estimate of drug-likeness (QED) is 0.599. The van der Waals surface area contributed by atoms with E-state index in [0.29, 0.717) is 42.0 Å². The van der Waals surface area contributed by atoms with Crippen molar-refractivity contribution in [2.75, 3.05) is 24.7 Å². The molecule has 164 valence electrons. The van der Waals surface area contributed by atoms with Crippen molar-refractivity contribution in [1.82, 2.24) is 9.88 Å². The first kappa shape index (κ1) is 19.6. The molecule has 0 aliphatic carbocycles. The molecular formula is C24H22ClN3O4. The van der Waals surface area contributed by atoms with Crippen LogP contribution in [-0.2, 0) is 16.0 Å². The molecule has 0 spiro atoms. The number of fused-ring (bicyclic) bond motifs is 4. The standard InChI is InChI=1S/C24H22ClN3O4/c1-13-23-16(17-10-14(25)2-4-18(17)26-23)6-7-27(13)19-12-22(29)28(24(19)30)15-3-5-20-21(11-15)32-9-8-31-20/h2-5,10-11,13,19,26H,6-9,12H2,1H3. The van der Waals surface area contributed by atoms with E-state index in [0.717, 1.165) is 23.0 Å². The van der Waals surface area contributed by atoms with E-state index in [2.05, 4.69) is 16.8 Å². The Balaban J connectivity index is 1.30. The number of nitrogens with one attached hydrogen (secondary N) is 1. The summed E-state index contributed by atoms with van der Waals surface area (Å²) in [4.78, 5) is 33.3. The van der Waals surface area contributed by atoms with E-state index in [9.17, 15) is 9.59 Å². The number of carbonyl (C=O) groups excluding carboxylic acids is 2. The summed E-state index contributed by atoms with van der Waals surface area (Å²) >= 11 is 6.21. The number of ether oxygens (including phenoxy) is 2. The van der Waals surface area contributed by atoms with Gasteiger partial charge in [0.05, 0.1) is 18.2 Å². The molecule has 32 heavy (non-hydrogen) atoms. The van der Waals surface area contributed by atoms with Crippen LogP contribution in [0.1, 0.15) is 30.6 Å². The van der Waals surface area contributed by atoms with Crippen molar-refractivity contribution in [3.63, 3.8) is 0 Å². The number of hydrogen-bond acceptors (Lipinski definition) is 5. The maximum Gasteiger partial charge on any atom is 0.251 e. The van der Waals surface area contributed by atoms with Gasteiger partial charge in [0, 0.05) is 40.3 Å². The van der Waals surface area contributed by atoms with Crippen LogP contribution in [0.15, 0.2) is 36.4 Å². The second kappa shape index (κ2) is 7.25. The third kappa shape index (κ3) is 2.92. The van der Waals surface area contributed by atoms with Crippen LogP contribution in [0.4, 0.5) is 5.69 Å². The Labute approximate surface area is 189 Å². The molecule has 3 aromatic rings. The molecule has 1 fully saturated rings. The molecule has 1 N–H and O–H groups in total. The Morgan fingerprint density at radius 2 is 1.88 bits per heavy atom. The molecule has 7 nitrogen and oxygen atoms in total. The number of nitrogens with zero attached hydrogens (tertiary/aromatic N) is 2. The molecule has 0 bridgehead atoms. The summed E-state index contributed by atoms with van der Waals surface area (Å²) in [6.45, 7) is 3.72. The number of hydrogen-bond donors (Lipinski definition) is 1. The van der Waals surface area contributed by atoms with Crippen molar-refractivity contribution < 1.29 is 19.1 Å². The van der Waals surface area contributed by atoms with Crippen molar-refractivity contribution in [3.8, 4) is 11.5 Å². The van der Waals surface area contributed by atoms with E-state index >= 15 is 0 Å². The lowest BCUT2D eigenvalue weighted by atomic mass is 9.96. The number of halogens is 1. The topological polar surface area (TPSA) is 74.9 Å². The van der Waals surface area contributed by atoms with E-state index in [1.54, 1.807) is 18.2 Å². The SMILES string of the molecule is CC1c2[nH]c3ccc(Cl)cc3c2CCN1C1CC(=O)N(c2ccc3c(c2)OCCO3)C1=O. The second-order valence-corrected chi connectivity index (χ2v) is 8.92. The summed E-state index contributed by atoms with van der Waals surface area (Å²) in [7, 11) is 0. The third-order valence-corrected chi connectivity index (χ3v) is 6.98. The highest BCUT2D eigenvalue weighted by molar-refractivity contribution is 6.31. The van der Waals surface area contributed by atoms with Gasteiger partial charge in [-0.15, -0.1) is 0 Å². The minimum absolute atomic E-state index is 0.0214. The fourth-order valence-corrected chi connectivity index (χ4v) is 5.38. The molecule has 2 atom stereocenters. The first-order chi connectivity index (χ1) is 15.5. The van der Waals surface area contributed by atoms with Gasteiger partial charge in [0.2, 0.25) is 5.91 Å². The minimum Gasteiger partial charge on any atom is -0.486 e. The molecule has 8 heteroatoms. The van der Waals surface area contributed by atoms with E-state index < -0.39 is 6.04 Å². The van der Waals surface area contributed by atoms with Crippen molar-refractivity contribution in [2.24, 2.45) is 0 Å². The lowest BCUT2D eigenvalue weighted by Gasteiger charge is -2.36.